The third-order valence-corrected chi connectivity index (χ3v) is 15.6. The van der Waals surface area contributed by atoms with E-state index in [2.05, 4.69) is 106 Å². The minimum absolute atomic E-state index is 0.0779. The summed E-state index contributed by atoms with van der Waals surface area (Å²) in [6.45, 7) is 6.50. The molecule has 0 saturated heterocycles. The van der Waals surface area contributed by atoms with E-state index < -0.39 is 6.10 Å². The summed E-state index contributed by atoms with van der Waals surface area (Å²) in [5, 5.41) is 0. The normalized spacial score (nSPS) is 12.6. The topological polar surface area (TPSA) is 78.9 Å². The van der Waals surface area contributed by atoms with Gasteiger partial charge in [-0.1, -0.05) is 318 Å². The average Bonchev–Trinajstić information content (AvgIpc) is 3.48. The first-order valence-electron chi connectivity index (χ1n) is 35.6. The van der Waals surface area contributed by atoms with Gasteiger partial charge in [-0.05, 0) is 109 Å². The summed E-state index contributed by atoms with van der Waals surface area (Å²) in [6.07, 6.45) is 93.4. The molecule has 0 aliphatic rings. The zero-order valence-electron chi connectivity index (χ0n) is 54.5. The Hall–Kier alpha value is -3.41. The van der Waals surface area contributed by atoms with E-state index in [0.29, 0.717) is 19.3 Å². The van der Waals surface area contributed by atoms with Crippen LogP contribution < -0.4 is 0 Å². The monoisotopic (exact) mass is 1140 g/mol. The lowest BCUT2D eigenvalue weighted by atomic mass is 10.0. The van der Waals surface area contributed by atoms with Gasteiger partial charge in [0.2, 0.25) is 0 Å². The molecule has 474 valence electrons. The van der Waals surface area contributed by atoms with Gasteiger partial charge in [0, 0.05) is 19.3 Å². The van der Waals surface area contributed by atoms with Crippen molar-refractivity contribution in [1.82, 2.24) is 0 Å². The molecule has 0 aromatic heterocycles. The lowest BCUT2D eigenvalue weighted by Gasteiger charge is -2.18. The molecule has 0 N–H and O–H groups in total. The molecule has 6 heteroatoms. The van der Waals surface area contributed by atoms with Crippen molar-refractivity contribution in [2.24, 2.45) is 0 Å². The summed E-state index contributed by atoms with van der Waals surface area (Å²) < 4.78 is 16.9. The summed E-state index contributed by atoms with van der Waals surface area (Å²) in [7, 11) is 0. The van der Waals surface area contributed by atoms with E-state index in [1.165, 1.54) is 218 Å². The van der Waals surface area contributed by atoms with E-state index in [1.54, 1.807) is 0 Å². The maximum Gasteiger partial charge on any atom is 0.306 e. The van der Waals surface area contributed by atoms with Crippen LogP contribution in [0, 0.1) is 0 Å². The number of esters is 3. The highest BCUT2D eigenvalue weighted by Crippen LogP contribution is 2.18. The van der Waals surface area contributed by atoms with Gasteiger partial charge in [0.1, 0.15) is 13.2 Å². The van der Waals surface area contributed by atoms with Crippen LogP contribution in [-0.4, -0.2) is 37.2 Å². The number of carbonyl (C=O) groups excluding carboxylic acids is 3. The Balaban J connectivity index is 4.17. The van der Waals surface area contributed by atoms with Gasteiger partial charge in [-0.3, -0.25) is 14.4 Å². The maximum absolute atomic E-state index is 12.9. The molecular formula is C76H134O6. The second-order valence-corrected chi connectivity index (χ2v) is 23.8. The first-order chi connectivity index (χ1) is 40.5. The van der Waals surface area contributed by atoms with Crippen molar-refractivity contribution in [3.8, 4) is 0 Å². The van der Waals surface area contributed by atoms with E-state index in [9.17, 15) is 14.4 Å². The minimum atomic E-state index is -0.781. The lowest BCUT2D eigenvalue weighted by molar-refractivity contribution is -0.167. The number of ether oxygens (including phenoxy) is 3. The molecule has 1 atom stereocenters. The number of carbonyl (C=O) groups is 3. The molecule has 0 spiro atoms. The van der Waals surface area contributed by atoms with Crippen molar-refractivity contribution in [3.63, 3.8) is 0 Å². The molecule has 0 aliphatic heterocycles. The van der Waals surface area contributed by atoms with E-state index in [4.69, 9.17) is 14.2 Å². The zero-order chi connectivity index (χ0) is 59.2. The van der Waals surface area contributed by atoms with Crippen molar-refractivity contribution in [2.45, 2.75) is 367 Å². The zero-order valence-corrected chi connectivity index (χ0v) is 54.5. The van der Waals surface area contributed by atoms with Gasteiger partial charge in [-0.2, -0.15) is 0 Å². The van der Waals surface area contributed by atoms with E-state index in [-0.39, 0.29) is 31.1 Å². The standard InChI is InChI=1S/C76H134O6/c1-4-7-10-13-16-19-22-24-26-28-30-32-34-36-38-40-42-44-46-48-50-52-54-57-60-63-66-69-75(78)81-72-73(71-80-74(77)68-65-62-59-56-21-18-15-12-9-6-3)82-76(79)70-67-64-61-58-55-53-51-49-47-45-43-41-39-37-35-33-31-29-27-25-23-20-17-14-11-8-5-2/h7,10,12,15-16,19,24,26,29-32,36,38,73H,4-6,8-9,11,13-14,17-18,20-23,25,27-28,33-35,37,39-72H2,1-3H3/b10-7-,15-12-,19-16-,26-24-,31-29-,32-30-,38-36-. The molecule has 0 bridgehead atoms. The van der Waals surface area contributed by atoms with Crippen molar-refractivity contribution < 1.29 is 28.6 Å². The molecule has 0 heterocycles. The smallest absolute Gasteiger partial charge is 0.306 e. The third-order valence-electron chi connectivity index (χ3n) is 15.6. The Morgan fingerprint density at radius 2 is 0.500 bits per heavy atom. The fraction of sp³-hybridized carbons (Fsp3) is 0.776. The third kappa shape index (κ3) is 67.4. The van der Waals surface area contributed by atoms with Crippen LogP contribution in [0.1, 0.15) is 361 Å². The highest BCUT2D eigenvalue weighted by molar-refractivity contribution is 5.71. The molecule has 0 rings (SSSR count). The van der Waals surface area contributed by atoms with Gasteiger partial charge in [0.25, 0.3) is 0 Å². The first-order valence-corrected chi connectivity index (χ1v) is 35.6. The number of hydrogen-bond donors (Lipinski definition) is 0. The molecule has 0 aliphatic carbocycles. The summed E-state index contributed by atoms with van der Waals surface area (Å²) in [6, 6.07) is 0. The van der Waals surface area contributed by atoms with Gasteiger partial charge in [-0.15, -0.1) is 0 Å². The van der Waals surface area contributed by atoms with Crippen LogP contribution in [0.2, 0.25) is 0 Å². The molecule has 0 amide bonds. The molecule has 0 aromatic rings. The molecule has 82 heavy (non-hydrogen) atoms. The fourth-order valence-corrected chi connectivity index (χ4v) is 10.3. The van der Waals surface area contributed by atoms with Crippen molar-refractivity contribution in [1.29, 1.82) is 0 Å². The predicted molar refractivity (Wildman–Crippen MR) is 358 cm³/mol. The highest BCUT2D eigenvalue weighted by Gasteiger charge is 2.19. The van der Waals surface area contributed by atoms with Crippen LogP contribution in [0.15, 0.2) is 85.1 Å². The van der Waals surface area contributed by atoms with Crippen LogP contribution in [0.4, 0.5) is 0 Å². The second-order valence-electron chi connectivity index (χ2n) is 23.8. The Bertz CT molecular complexity index is 1550. The summed E-state index contributed by atoms with van der Waals surface area (Å²) in [5.41, 5.74) is 0. The van der Waals surface area contributed by atoms with Crippen LogP contribution in [0.3, 0.4) is 0 Å². The Kier molecular flexibility index (Phi) is 67.2. The number of allylic oxidation sites excluding steroid dienone is 14. The Labute approximate surface area is 509 Å². The molecule has 0 saturated carbocycles. The molecule has 1 unspecified atom stereocenters. The second kappa shape index (κ2) is 70.1. The molecule has 0 fully saturated rings. The predicted octanol–water partition coefficient (Wildman–Crippen LogP) is 24.6. The number of unbranched alkanes of at least 4 members (excludes halogenated alkanes) is 40. The van der Waals surface area contributed by atoms with Crippen molar-refractivity contribution >= 4 is 17.9 Å². The summed E-state index contributed by atoms with van der Waals surface area (Å²) >= 11 is 0. The maximum atomic E-state index is 12.9. The van der Waals surface area contributed by atoms with Crippen LogP contribution in [-0.2, 0) is 28.6 Å². The van der Waals surface area contributed by atoms with E-state index >= 15 is 0 Å². The largest absolute Gasteiger partial charge is 0.462 e. The van der Waals surface area contributed by atoms with E-state index in [0.717, 1.165) is 103 Å². The molecular weight excluding hydrogens is 1010 g/mol. The van der Waals surface area contributed by atoms with Crippen LogP contribution in [0.25, 0.3) is 0 Å². The quantitative estimate of drug-likeness (QED) is 0.0261. The number of hydrogen-bond acceptors (Lipinski definition) is 6. The SMILES string of the molecule is CC/C=C\C/C=C\C/C=C\C/C=C\C/C=C\CCCCCCCCCCCCCC(=O)OCC(COC(=O)CCCCCCC/C=C\CCC)OC(=O)CCCCCCCCCCCCCCCCC/C=C\CCCCCCCCCC. The number of rotatable bonds is 65. The van der Waals surface area contributed by atoms with Gasteiger partial charge < -0.3 is 14.2 Å². The molecule has 0 radical (unpaired) electrons. The van der Waals surface area contributed by atoms with Gasteiger partial charge in [0.05, 0.1) is 0 Å². The van der Waals surface area contributed by atoms with Crippen molar-refractivity contribution in [3.05, 3.63) is 85.1 Å². The van der Waals surface area contributed by atoms with Gasteiger partial charge in [0.15, 0.2) is 6.10 Å². The summed E-state index contributed by atoms with van der Waals surface area (Å²) in [5.74, 6) is -0.874. The average molecular weight is 1140 g/mol. The van der Waals surface area contributed by atoms with Crippen LogP contribution in [0.5, 0.6) is 0 Å². The summed E-state index contributed by atoms with van der Waals surface area (Å²) in [4.78, 5) is 38.3. The van der Waals surface area contributed by atoms with Gasteiger partial charge >= 0.3 is 17.9 Å². The van der Waals surface area contributed by atoms with Gasteiger partial charge in [-0.25, -0.2) is 0 Å². The Morgan fingerprint density at radius 1 is 0.256 bits per heavy atom. The van der Waals surface area contributed by atoms with E-state index in [1.807, 2.05) is 0 Å². The van der Waals surface area contributed by atoms with Crippen molar-refractivity contribution in [2.75, 3.05) is 13.2 Å². The molecule has 6 nitrogen and oxygen atoms in total. The van der Waals surface area contributed by atoms with Crippen LogP contribution >= 0.6 is 0 Å². The minimum Gasteiger partial charge on any atom is -0.462 e. The molecule has 0 aromatic carbocycles. The fourth-order valence-electron chi connectivity index (χ4n) is 10.3. The highest BCUT2D eigenvalue weighted by atomic mass is 16.6. The first kappa shape index (κ1) is 78.6. The lowest BCUT2D eigenvalue weighted by Crippen LogP contribution is -2.30. The Morgan fingerprint density at radius 3 is 0.805 bits per heavy atom.